The first-order valence-electron chi connectivity index (χ1n) is 3.06. The minimum absolute atomic E-state index is 1.35. The lowest BCUT2D eigenvalue weighted by molar-refractivity contribution is 0.601. The van der Waals surface area contributed by atoms with Crippen molar-refractivity contribution in [2.45, 2.75) is 2.95 Å². The lowest BCUT2D eigenvalue weighted by Crippen LogP contribution is -2.29. The molecule has 0 fully saturated rings. The molecule has 0 unspecified atom stereocenters. The van der Waals surface area contributed by atoms with Gasteiger partial charge >= 0.3 is 0 Å². The summed E-state index contributed by atoms with van der Waals surface area (Å²) in [5.41, 5.74) is 3.36. The molecule has 1 heterocycles. The van der Waals surface area contributed by atoms with Gasteiger partial charge in [-0.2, -0.15) is 0 Å². The van der Waals surface area contributed by atoms with Gasteiger partial charge in [-0.1, -0.05) is 0 Å². The van der Waals surface area contributed by atoms with Crippen LogP contribution < -0.4 is 0 Å². The largest absolute Gasteiger partial charge is 0.238 e. The van der Waals surface area contributed by atoms with Gasteiger partial charge in [-0.05, 0) is 95.6 Å². The number of halogens is 6. The van der Waals surface area contributed by atoms with E-state index in [1.54, 1.807) is 11.0 Å². The summed E-state index contributed by atoms with van der Waals surface area (Å²) >= 11 is 18.8. The van der Waals surface area contributed by atoms with Gasteiger partial charge in [0.15, 0.2) is 0 Å². The van der Waals surface area contributed by atoms with Gasteiger partial charge in [-0.15, -0.1) is 21.5 Å². The number of aromatic nitrogens is 2. The second-order valence-electron chi connectivity index (χ2n) is 1.97. The molecule has 94 valence electrons. The Hall–Kier alpha value is 2.39. The number of nitrogens with zero attached hydrogens (tertiary/aromatic N) is 2. The Morgan fingerprint density at radius 3 is 1.25 bits per heavy atom. The normalized spacial score (nSPS) is 12.9. The third-order valence-corrected chi connectivity index (χ3v) is 10.2. The molecule has 0 bridgehead atoms. The van der Waals surface area contributed by atoms with Crippen LogP contribution >= 0.6 is 107 Å². The van der Waals surface area contributed by atoms with Crippen LogP contribution in [-0.4, -0.2) is 21.6 Å². The summed E-state index contributed by atoms with van der Waals surface area (Å²) in [7, 11) is -3.51. The summed E-state index contributed by atoms with van der Waals surface area (Å²) in [4.78, 5) is 0. The summed E-state index contributed by atoms with van der Waals surface area (Å²) in [6.07, 6.45) is 0. The van der Waals surface area contributed by atoms with Crippen molar-refractivity contribution < 1.29 is 8.42 Å². The van der Waals surface area contributed by atoms with Gasteiger partial charge in [0.25, 0.3) is 0 Å². The van der Waals surface area contributed by atoms with Crippen molar-refractivity contribution in [3.63, 3.8) is 0 Å². The molecule has 12 heteroatoms. The number of sulfone groups is 1. The van der Waals surface area contributed by atoms with Crippen molar-refractivity contribution in [2.75, 3.05) is 0 Å². The molecule has 4 nitrogen and oxygen atoms in total. The monoisotopic (exact) mass is 647 g/mol. The van der Waals surface area contributed by atoms with E-state index in [-0.39, 0.29) is 0 Å². The topological polar surface area (TPSA) is 59.9 Å². The van der Waals surface area contributed by atoms with E-state index in [0.717, 1.165) is 0 Å². The van der Waals surface area contributed by atoms with Crippen LogP contribution in [-0.2, 0) is 9.84 Å². The van der Waals surface area contributed by atoms with E-state index in [1.807, 2.05) is 0 Å². The zero-order valence-electron chi connectivity index (χ0n) is 6.95. The van der Waals surface area contributed by atoms with E-state index < -0.39 is 12.8 Å². The maximum absolute atomic E-state index is 11.4. The van der Waals surface area contributed by atoms with Crippen molar-refractivity contribution in [3.8, 4) is 0 Å². The molecule has 0 aliphatic carbocycles. The minimum atomic E-state index is -3.51. The molecule has 1 aromatic heterocycles. The zero-order chi connectivity index (χ0) is 13.0. The number of alkyl halides is 6. The average Bonchev–Trinajstić information content (AvgIpc) is 2.55. The summed E-state index contributed by atoms with van der Waals surface area (Å²) in [5.74, 6) is 0. The first-order chi connectivity index (χ1) is 7.00. The lowest BCUT2D eigenvalue weighted by atomic mass is 11.6. The van der Waals surface area contributed by atoms with Crippen LogP contribution in [0.1, 0.15) is 0 Å². The number of hydrogen-bond acceptors (Lipinski definition) is 5. The van der Waals surface area contributed by atoms with Crippen molar-refractivity contribution >= 4 is 117 Å². The van der Waals surface area contributed by atoms with E-state index in [4.69, 9.17) is 0 Å². The van der Waals surface area contributed by atoms with Crippen LogP contribution in [0.15, 0.2) is 11.0 Å². The average molecular weight is 654 g/mol. The molecule has 0 saturated carbocycles. The summed E-state index contributed by atoms with van der Waals surface area (Å²) in [6, 6.07) is 0. The van der Waals surface area contributed by atoms with Crippen molar-refractivity contribution in [2.24, 2.45) is 0 Å². The Morgan fingerprint density at radius 2 is 1.19 bits per heavy atom. The molecule has 0 aromatic carbocycles. The fourth-order valence-corrected chi connectivity index (χ4v) is 11.0. The highest BCUT2D eigenvalue weighted by Gasteiger charge is 2.49. The fourth-order valence-electron chi connectivity index (χ4n) is 0.267. The third-order valence-electron chi connectivity index (χ3n) is 0.892. The van der Waals surface area contributed by atoms with Crippen LogP contribution in [0, 0.1) is 0 Å². The van der Waals surface area contributed by atoms with Crippen molar-refractivity contribution in [3.05, 3.63) is 11.0 Å². The maximum atomic E-state index is 11.4. The van der Waals surface area contributed by atoms with E-state index in [0.29, 0.717) is 0 Å². The molecular formula is C4H2Br6N2O2S2. The van der Waals surface area contributed by atoms with Gasteiger partial charge in [0.2, 0.25) is 12.8 Å². The molecule has 0 saturated heterocycles. The molecule has 1 aromatic rings. The summed E-state index contributed by atoms with van der Waals surface area (Å²) < 4.78 is 20.1. The van der Waals surface area contributed by atoms with Crippen LogP contribution in [0.4, 0.5) is 0 Å². The van der Waals surface area contributed by atoms with Gasteiger partial charge in [-0.3, -0.25) is 0 Å². The molecule has 0 aliphatic rings. The predicted molar refractivity (Wildman–Crippen MR) is 87.9 cm³/mol. The van der Waals surface area contributed by atoms with Gasteiger partial charge in [0.1, 0.15) is 11.0 Å². The van der Waals surface area contributed by atoms with Crippen molar-refractivity contribution in [1.82, 2.24) is 10.2 Å². The quantitative estimate of drug-likeness (QED) is 0.387. The molecule has 16 heavy (non-hydrogen) atoms. The molecular weight excluding hydrogens is 652 g/mol. The van der Waals surface area contributed by atoms with E-state index in [9.17, 15) is 8.42 Å². The molecule has 0 aliphatic heterocycles. The van der Waals surface area contributed by atoms with Crippen LogP contribution in [0.25, 0.3) is 0 Å². The maximum Gasteiger partial charge on any atom is 0.238 e. The Kier molecular flexibility index (Phi) is 8.33. The smallest absolute Gasteiger partial charge is 0.222 e. The van der Waals surface area contributed by atoms with Gasteiger partial charge < -0.3 is 0 Å². The molecule has 1 rings (SSSR count). The SMILES string of the molecule is O=S(=O)(C(Br)(Br)Br)C(Br)(Br)Br.c1nncs1. The van der Waals surface area contributed by atoms with E-state index in [2.05, 4.69) is 106 Å². The molecule has 0 atom stereocenters. The second kappa shape index (κ2) is 7.25. The van der Waals surface area contributed by atoms with E-state index in [1.165, 1.54) is 11.3 Å². The molecule has 0 radical (unpaired) electrons. The molecule has 0 N–H and O–H groups in total. The summed E-state index contributed by atoms with van der Waals surface area (Å²) in [6.45, 7) is 0. The van der Waals surface area contributed by atoms with Gasteiger partial charge in [0, 0.05) is 0 Å². The minimum Gasteiger partial charge on any atom is -0.222 e. The predicted octanol–water partition coefficient (Wildman–Crippen LogP) is 4.53. The molecule has 0 amide bonds. The van der Waals surface area contributed by atoms with Gasteiger partial charge in [-0.25, -0.2) is 8.42 Å². The number of rotatable bonds is 0. The first-order valence-corrected chi connectivity index (χ1v) is 10.2. The zero-order valence-corrected chi connectivity index (χ0v) is 18.1. The Bertz CT molecular complexity index is 356. The molecule has 0 spiro atoms. The van der Waals surface area contributed by atoms with E-state index >= 15 is 0 Å². The Morgan fingerprint density at radius 1 is 0.875 bits per heavy atom. The van der Waals surface area contributed by atoms with Gasteiger partial charge in [0.05, 0.1) is 0 Å². The highest BCUT2D eigenvalue weighted by Crippen LogP contribution is 2.52. The van der Waals surface area contributed by atoms with Crippen LogP contribution in [0.2, 0.25) is 0 Å². The Labute approximate surface area is 147 Å². The Balaban J connectivity index is 0.000000368. The highest BCUT2D eigenvalue weighted by atomic mass is 80.0. The highest BCUT2D eigenvalue weighted by molar-refractivity contribution is 9.46. The lowest BCUT2D eigenvalue weighted by Gasteiger charge is -2.20. The first kappa shape index (κ1) is 18.4. The van der Waals surface area contributed by atoms with Crippen molar-refractivity contribution in [1.29, 1.82) is 0 Å². The van der Waals surface area contributed by atoms with Crippen LogP contribution in [0.3, 0.4) is 0 Å². The fraction of sp³-hybridized carbons (Fsp3) is 0.500. The number of hydrogen-bond donors (Lipinski definition) is 0. The van der Waals surface area contributed by atoms with Crippen LogP contribution in [0.5, 0.6) is 0 Å². The standard InChI is InChI=1S/C2Br6O2S.C2H2N2S/c3-1(4,5)11(9,10)2(6,7)8;1-3-4-2-5-1/h;1-2H. The second-order valence-corrected chi connectivity index (χ2v) is 21.6. The third kappa shape index (κ3) is 6.02. The summed E-state index contributed by atoms with van der Waals surface area (Å²) in [5, 5.41) is 6.98.